The van der Waals surface area contributed by atoms with Crippen LogP contribution in [0.15, 0.2) is 54.6 Å². The van der Waals surface area contributed by atoms with Gasteiger partial charge in [0.2, 0.25) is 11.8 Å². The molecule has 2 aromatic rings. The molecular formula is C22H17ClFNO3. The Morgan fingerprint density at radius 1 is 1.00 bits per heavy atom. The summed E-state index contributed by atoms with van der Waals surface area (Å²) >= 11 is 6.01. The average molecular weight is 398 g/mol. The largest absolute Gasteiger partial charge is 0.489 e. The Morgan fingerprint density at radius 3 is 2.25 bits per heavy atom. The number of amides is 2. The van der Waals surface area contributed by atoms with Crippen LogP contribution in [0.4, 0.5) is 10.1 Å². The van der Waals surface area contributed by atoms with Gasteiger partial charge in [0.15, 0.2) is 0 Å². The molecule has 0 spiro atoms. The molecular weight excluding hydrogens is 381 g/mol. The van der Waals surface area contributed by atoms with Crippen molar-refractivity contribution in [1.82, 2.24) is 0 Å². The van der Waals surface area contributed by atoms with Gasteiger partial charge in [-0.3, -0.25) is 14.5 Å². The minimum absolute atomic E-state index is 0.00833. The lowest BCUT2D eigenvalue weighted by atomic mass is 9.85. The van der Waals surface area contributed by atoms with Crippen LogP contribution >= 0.6 is 11.6 Å². The van der Waals surface area contributed by atoms with Crippen LogP contribution in [0.5, 0.6) is 5.75 Å². The van der Waals surface area contributed by atoms with Gasteiger partial charge in [0.25, 0.3) is 0 Å². The Morgan fingerprint density at radius 2 is 1.64 bits per heavy atom. The topological polar surface area (TPSA) is 46.6 Å². The van der Waals surface area contributed by atoms with Crippen LogP contribution < -0.4 is 9.64 Å². The highest BCUT2D eigenvalue weighted by Crippen LogP contribution is 2.53. The second-order valence-corrected chi connectivity index (χ2v) is 7.90. The summed E-state index contributed by atoms with van der Waals surface area (Å²) in [6, 6.07) is 11.2. The van der Waals surface area contributed by atoms with Gasteiger partial charge in [0.1, 0.15) is 18.2 Å². The van der Waals surface area contributed by atoms with Crippen molar-refractivity contribution in [3.05, 3.63) is 71.0 Å². The van der Waals surface area contributed by atoms with E-state index in [1.807, 2.05) is 0 Å². The van der Waals surface area contributed by atoms with Gasteiger partial charge in [-0.1, -0.05) is 29.8 Å². The molecule has 2 aliphatic carbocycles. The number of hydrogen-bond donors (Lipinski definition) is 0. The number of fused-ring (bicyclic) bond motifs is 5. The molecule has 2 fully saturated rings. The number of rotatable bonds is 4. The fourth-order valence-corrected chi connectivity index (χ4v) is 4.89. The molecule has 0 radical (unpaired) electrons. The molecule has 2 amide bonds. The Kier molecular flexibility index (Phi) is 4.02. The molecule has 4 atom stereocenters. The number of nitrogens with zero attached hydrogens (tertiary/aromatic N) is 1. The maximum atomic E-state index is 13.8. The molecule has 4 nitrogen and oxygen atoms in total. The Labute approximate surface area is 166 Å². The van der Waals surface area contributed by atoms with E-state index in [0.717, 1.165) is 6.42 Å². The van der Waals surface area contributed by atoms with Crippen LogP contribution in [-0.2, 0) is 16.2 Å². The molecule has 2 bridgehead atoms. The van der Waals surface area contributed by atoms with E-state index in [1.165, 1.54) is 17.0 Å². The van der Waals surface area contributed by atoms with Crippen LogP contribution in [0.3, 0.4) is 0 Å². The van der Waals surface area contributed by atoms with Crippen LogP contribution in [0, 0.1) is 29.5 Å². The van der Waals surface area contributed by atoms with Gasteiger partial charge in [-0.05, 0) is 54.7 Å². The number of anilines is 1. The number of hydrogen-bond acceptors (Lipinski definition) is 3. The zero-order chi connectivity index (χ0) is 19.4. The third kappa shape index (κ3) is 2.57. The summed E-state index contributed by atoms with van der Waals surface area (Å²) in [5, 5.41) is 0.305. The van der Waals surface area contributed by atoms with Crippen molar-refractivity contribution in [2.45, 2.75) is 13.0 Å². The number of allylic oxidation sites excluding steroid dienone is 2. The zero-order valence-electron chi connectivity index (χ0n) is 14.8. The van der Waals surface area contributed by atoms with E-state index in [4.69, 9.17) is 16.3 Å². The smallest absolute Gasteiger partial charge is 0.238 e. The number of halogens is 2. The van der Waals surface area contributed by atoms with E-state index in [0.29, 0.717) is 16.5 Å². The lowest BCUT2D eigenvalue weighted by Crippen LogP contribution is -2.32. The number of carbonyl (C=O) groups excluding carboxylic acids is 2. The van der Waals surface area contributed by atoms with Crippen LogP contribution in [0.2, 0.25) is 5.02 Å². The van der Waals surface area contributed by atoms with Gasteiger partial charge < -0.3 is 4.74 Å². The Bertz CT molecular complexity index is 953. The normalized spacial score (nSPS) is 27.6. The van der Waals surface area contributed by atoms with E-state index < -0.39 is 5.82 Å². The molecule has 1 heterocycles. The maximum Gasteiger partial charge on any atom is 0.238 e. The number of benzene rings is 2. The second-order valence-electron chi connectivity index (χ2n) is 7.49. The summed E-state index contributed by atoms with van der Waals surface area (Å²) in [6.07, 6.45) is 5.06. The van der Waals surface area contributed by atoms with Crippen molar-refractivity contribution in [3.8, 4) is 5.75 Å². The summed E-state index contributed by atoms with van der Waals surface area (Å²) in [4.78, 5) is 27.0. The second kappa shape index (κ2) is 6.45. The minimum atomic E-state index is -0.424. The lowest BCUT2D eigenvalue weighted by molar-refractivity contribution is -0.123. The molecule has 0 N–H and O–H groups in total. The highest BCUT2D eigenvalue weighted by Gasteiger charge is 2.59. The lowest BCUT2D eigenvalue weighted by Gasteiger charge is -2.17. The van der Waals surface area contributed by atoms with Crippen molar-refractivity contribution >= 4 is 29.1 Å². The molecule has 4 unspecified atom stereocenters. The highest BCUT2D eigenvalue weighted by atomic mass is 35.5. The first-order valence-corrected chi connectivity index (χ1v) is 9.64. The number of carbonyl (C=O) groups is 2. The quantitative estimate of drug-likeness (QED) is 0.568. The highest BCUT2D eigenvalue weighted by molar-refractivity contribution is 6.31. The number of ether oxygens (including phenoxy) is 1. The number of imide groups is 1. The van der Waals surface area contributed by atoms with Crippen molar-refractivity contribution in [2.24, 2.45) is 23.7 Å². The van der Waals surface area contributed by atoms with Gasteiger partial charge in [0, 0.05) is 5.56 Å². The standard InChI is InChI=1S/C22H17ClFNO3/c23-17-2-1-3-18(24)16(17)11-28-15-8-6-14(7-9-15)25-21(26)19-12-4-5-13(10-12)20(19)22(25)27/h1-9,12-13,19-20H,10-11H2. The summed E-state index contributed by atoms with van der Waals surface area (Å²) in [6.45, 7) is -0.00833. The van der Waals surface area contributed by atoms with Crippen molar-refractivity contribution in [3.63, 3.8) is 0 Å². The fourth-order valence-electron chi connectivity index (χ4n) is 4.67. The van der Waals surface area contributed by atoms with Crippen LogP contribution in [0.25, 0.3) is 0 Å². The van der Waals surface area contributed by atoms with Gasteiger partial charge in [-0.25, -0.2) is 4.39 Å². The fraction of sp³-hybridized carbons (Fsp3) is 0.273. The third-order valence-electron chi connectivity index (χ3n) is 6.01. The van der Waals surface area contributed by atoms with Crippen molar-refractivity contribution < 1.29 is 18.7 Å². The first-order chi connectivity index (χ1) is 13.5. The van der Waals surface area contributed by atoms with Gasteiger partial charge in [-0.15, -0.1) is 0 Å². The Balaban J connectivity index is 1.32. The van der Waals surface area contributed by atoms with Gasteiger partial charge in [-0.2, -0.15) is 0 Å². The van der Waals surface area contributed by atoms with E-state index in [-0.39, 0.29) is 47.7 Å². The summed E-state index contributed by atoms with van der Waals surface area (Å²) in [5.41, 5.74) is 0.828. The molecule has 1 saturated heterocycles. The predicted octanol–water partition coefficient (Wildman–Crippen LogP) is 4.37. The first kappa shape index (κ1) is 17.4. The summed E-state index contributed by atoms with van der Waals surface area (Å²) in [7, 11) is 0. The predicted molar refractivity (Wildman–Crippen MR) is 102 cm³/mol. The van der Waals surface area contributed by atoms with E-state index in [9.17, 15) is 14.0 Å². The summed E-state index contributed by atoms with van der Waals surface area (Å²) in [5.74, 6) is -0.217. The molecule has 1 aliphatic heterocycles. The summed E-state index contributed by atoms with van der Waals surface area (Å²) < 4.78 is 19.5. The van der Waals surface area contributed by atoms with Gasteiger partial charge in [0.05, 0.1) is 22.5 Å². The molecule has 2 aromatic carbocycles. The zero-order valence-corrected chi connectivity index (χ0v) is 15.6. The molecule has 0 aromatic heterocycles. The van der Waals surface area contributed by atoms with Crippen molar-refractivity contribution in [1.29, 1.82) is 0 Å². The van der Waals surface area contributed by atoms with E-state index >= 15 is 0 Å². The minimum Gasteiger partial charge on any atom is -0.489 e. The monoisotopic (exact) mass is 397 g/mol. The van der Waals surface area contributed by atoms with Crippen LogP contribution in [-0.4, -0.2) is 11.8 Å². The van der Waals surface area contributed by atoms with Gasteiger partial charge >= 0.3 is 0 Å². The molecule has 5 rings (SSSR count). The van der Waals surface area contributed by atoms with Crippen LogP contribution in [0.1, 0.15) is 12.0 Å². The average Bonchev–Trinajstić information content (AvgIpc) is 3.36. The molecule has 142 valence electrons. The SMILES string of the molecule is O=C1C2C3C=CC(C3)C2C(=O)N1c1ccc(OCc2c(F)cccc2Cl)cc1. The maximum absolute atomic E-state index is 13.8. The molecule has 1 saturated carbocycles. The van der Waals surface area contributed by atoms with E-state index in [2.05, 4.69) is 12.2 Å². The van der Waals surface area contributed by atoms with Crippen molar-refractivity contribution in [2.75, 3.05) is 4.90 Å². The Hall–Kier alpha value is -2.66. The molecule has 28 heavy (non-hydrogen) atoms. The van der Waals surface area contributed by atoms with E-state index in [1.54, 1.807) is 30.3 Å². The third-order valence-corrected chi connectivity index (χ3v) is 6.36. The first-order valence-electron chi connectivity index (χ1n) is 9.26. The molecule has 6 heteroatoms. The molecule has 3 aliphatic rings.